The van der Waals surface area contributed by atoms with E-state index in [-0.39, 0.29) is 0 Å². The number of methoxy groups -OCH3 is 1. The molecule has 3 aromatic rings. The highest BCUT2D eigenvalue weighted by Gasteiger charge is 2.22. The lowest BCUT2D eigenvalue weighted by atomic mass is 10.1. The Morgan fingerprint density at radius 1 is 1.05 bits per heavy atom. The minimum Gasteiger partial charge on any atom is -0.464 e. The van der Waals surface area contributed by atoms with Crippen LogP contribution in [-0.4, -0.2) is 28.1 Å². The highest BCUT2D eigenvalue weighted by atomic mass is 16.5. The van der Waals surface area contributed by atoms with Crippen molar-refractivity contribution in [2.24, 2.45) is 0 Å². The average molecular weight is 293 g/mol. The summed E-state index contributed by atoms with van der Waals surface area (Å²) >= 11 is 0. The lowest BCUT2D eigenvalue weighted by molar-refractivity contribution is 0.0588. The van der Waals surface area contributed by atoms with Crippen LogP contribution in [0.3, 0.4) is 0 Å². The highest BCUT2D eigenvalue weighted by molar-refractivity contribution is 5.94. The summed E-state index contributed by atoms with van der Waals surface area (Å²) in [4.78, 5) is 12.2. The van der Waals surface area contributed by atoms with E-state index in [0.717, 1.165) is 11.1 Å². The van der Waals surface area contributed by atoms with Gasteiger partial charge in [0.25, 0.3) is 0 Å². The Morgan fingerprint density at radius 2 is 1.68 bits per heavy atom. The van der Waals surface area contributed by atoms with Gasteiger partial charge in [0.05, 0.1) is 13.7 Å². The Balaban J connectivity index is 2.04. The van der Waals surface area contributed by atoms with Gasteiger partial charge in [-0.25, -0.2) is 9.48 Å². The third kappa shape index (κ3) is 2.74. The number of aromatic nitrogens is 3. The average Bonchev–Trinajstić information content (AvgIpc) is 2.99. The molecule has 5 heteroatoms. The molecule has 0 saturated heterocycles. The van der Waals surface area contributed by atoms with Gasteiger partial charge in [0.15, 0.2) is 5.69 Å². The molecule has 0 spiro atoms. The van der Waals surface area contributed by atoms with Crippen LogP contribution < -0.4 is 0 Å². The molecule has 0 fully saturated rings. The molecule has 110 valence electrons. The number of carbonyl (C=O) groups is 1. The molecule has 1 heterocycles. The smallest absolute Gasteiger partial charge is 0.358 e. The first-order valence-electron chi connectivity index (χ1n) is 6.90. The number of benzene rings is 2. The topological polar surface area (TPSA) is 57.0 Å². The number of ether oxygens (including phenoxy) is 1. The minimum atomic E-state index is -0.445. The molecule has 0 aliphatic rings. The van der Waals surface area contributed by atoms with E-state index < -0.39 is 5.97 Å². The normalized spacial score (nSPS) is 10.4. The maximum Gasteiger partial charge on any atom is 0.358 e. The molecule has 1 aromatic heterocycles. The van der Waals surface area contributed by atoms with Crippen LogP contribution >= 0.6 is 0 Å². The van der Waals surface area contributed by atoms with Crippen LogP contribution in [0.4, 0.5) is 0 Å². The van der Waals surface area contributed by atoms with Crippen LogP contribution in [0.15, 0.2) is 60.7 Å². The van der Waals surface area contributed by atoms with Crippen molar-refractivity contribution in [1.29, 1.82) is 0 Å². The van der Waals surface area contributed by atoms with Gasteiger partial charge in [-0.15, -0.1) is 5.10 Å². The molecule has 0 saturated carbocycles. The number of nitrogens with zero attached hydrogens (tertiary/aromatic N) is 3. The largest absolute Gasteiger partial charge is 0.464 e. The third-order valence-electron chi connectivity index (χ3n) is 3.34. The zero-order valence-corrected chi connectivity index (χ0v) is 12.1. The Bertz CT molecular complexity index is 767. The van der Waals surface area contributed by atoms with E-state index >= 15 is 0 Å². The summed E-state index contributed by atoms with van der Waals surface area (Å²) in [7, 11) is 1.36. The highest BCUT2D eigenvalue weighted by Crippen LogP contribution is 2.22. The quantitative estimate of drug-likeness (QED) is 0.694. The van der Waals surface area contributed by atoms with E-state index in [2.05, 4.69) is 10.3 Å². The Labute approximate surface area is 128 Å². The van der Waals surface area contributed by atoms with Crippen molar-refractivity contribution in [3.8, 4) is 11.3 Å². The molecule has 0 amide bonds. The SMILES string of the molecule is COC(=O)c1c(-c2ccccc2)nnn1Cc1ccccc1. The van der Waals surface area contributed by atoms with Gasteiger partial charge in [0, 0.05) is 5.56 Å². The molecule has 0 radical (unpaired) electrons. The summed E-state index contributed by atoms with van der Waals surface area (Å²) in [6, 6.07) is 19.3. The zero-order valence-electron chi connectivity index (χ0n) is 12.1. The van der Waals surface area contributed by atoms with Gasteiger partial charge in [0.2, 0.25) is 0 Å². The van der Waals surface area contributed by atoms with Crippen LogP contribution in [0, 0.1) is 0 Å². The van der Waals surface area contributed by atoms with Gasteiger partial charge in [-0.2, -0.15) is 0 Å². The van der Waals surface area contributed by atoms with Crippen LogP contribution in [-0.2, 0) is 11.3 Å². The standard InChI is InChI=1S/C17H15N3O2/c1-22-17(21)16-15(14-10-6-3-7-11-14)18-19-20(16)12-13-8-4-2-5-9-13/h2-11H,12H2,1H3. The monoisotopic (exact) mass is 293 g/mol. The Morgan fingerprint density at radius 3 is 2.32 bits per heavy atom. The minimum absolute atomic E-state index is 0.359. The summed E-state index contributed by atoms with van der Waals surface area (Å²) in [6.45, 7) is 0.463. The summed E-state index contributed by atoms with van der Waals surface area (Å²) in [5.74, 6) is -0.445. The molecule has 3 rings (SSSR count). The molecule has 5 nitrogen and oxygen atoms in total. The van der Waals surface area contributed by atoms with E-state index in [4.69, 9.17) is 4.74 Å². The van der Waals surface area contributed by atoms with E-state index in [9.17, 15) is 4.79 Å². The van der Waals surface area contributed by atoms with Gasteiger partial charge in [-0.05, 0) is 5.56 Å². The second-order valence-corrected chi connectivity index (χ2v) is 4.79. The van der Waals surface area contributed by atoms with Crippen LogP contribution in [0.5, 0.6) is 0 Å². The molecule has 0 atom stereocenters. The van der Waals surface area contributed by atoms with Crippen LogP contribution in [0.25, 0.3) is 11.3 Å². The molecule has 0 unspecified atom stereocenters. The van der Waals surface area contributed by atoms with Crippen molar-refractivity contribution in [3.63, 3.8) is 0 Å². The first-order chi connectivity index (χ1) is 10.8. The van der Waals surface area contributed by atoms with Gasteiger partial charge in [0.1, 0.15) is 5.69 Å². The number of esters is 1. The van der Waals surface area contributed by atoms with E-state index in [1.54, 1.807) is 4.68 Å². The lowest BCUT2D eigenvalue weighted by Gasteiger charge is -2.06. The van der Waals surface area contributed by atoms with Crippen LogP contribution in [0.1, 0.15) is 16.1 Å². The molecule has 2 aromatic carbocycles. The van der Waals surface area contributed by atoms with Gasteiger partial charge in [-0.1, -0.05) is 65.9 Å². The predicted molar refractivity (Wildman–Crippen MR) is 82.3 cm³/mol. The predicted octanol–water partition coefficient (Wildman–Crippen LogP) is 2.78. The van der Waals surface area contributed by atoms with Crippen molar-refractivity contribution in [1.82, 2.24) is 15.0 Å². The molecular formula is C17H15N3O2. The summed E-state index contributed by atoms with van der Waals surface area (Å²) in [6.07, 6.45) is 0. The number of hydrogen-bond donors (Lipinski definition) is 0. The van der Waals surface area contributed by atoms with Crippen molar-refractivity contribution in [2.45, 2.75) is 6.54 Å². The second-order valence-electron chi connectivity index (χ2n) is 4.79. The first-order valence-corrected chi connectivity index (χ1v) is 6.90. The number of rotatable bonds is 4. The van der Waals surface area contributed by atoms with E-state index in [1.165, 1.54) is 7.11 Å². The second kappa shape index (κ2) is 6.22. The first kappa shape index (κ1) is 14.0. The fourth-order valence-corrected chi connectivity index (χ4v) is 2.27. The molecule has 22 heavy (non-hydrogen) atoms. The van der Waals surface area contributed by atoms with E-state index in [0.29, 0.717) is 17.9 Å². The molecule has 0 N–H and O–H groups in total. The summed E-state index contributed by atoms with van der Waals surface area (Å²) < 4.78 is 6.47. The zero-order chi connectivity index (χ0) is 15.4. The van der Waals surface area contributed by atoms with Gasteiger partial charge in [-0.3, -0.25) is 0 Å². The fraction of sp³-hybridized carbons (Fsp3) is 0.118. The number of hydrogen-bond acceptors (Lipinski definition) is 4. The maximum atomic E-state index is 12.2. The van der Waals surface area contributed by atoms with Crippen molar-refractivity contribution in [3.05, 3.63) is 71.9 Å². The van der Waals surface area contributed by atoms with Gasteiger partial charge < -0.3 is 4.74 Å². The summed E-state index contributed by atoms with van der Waals surface area (Å²) in [5.41, 5.74) is 2.76. The molecular weight excluding hydrogens is 278 g/mol. The van der Waals surface area contributed by atoms with Crippen molar-refractivity contribution >= 4 is 5.97 Å². The molecule has 0 bridgehead atoms. The Kier molecular flexibility index (Phi) is 3.96. The third-order valence-corrected chi connectivity index (χ3v) is 3.34. The van der Waals surface area contributed by atoms with Crippen LogP contribution in [0.2, 0.25) is 0 Å². The van der Waals surface area contributed by atoms with Gasteiger partial charge >= 0.3 is 5.97 Å². The lowest BCUT2D eigenvalue weighted by Crippen LogP contribution is -2.13. The Hall–Kier alpha value is -2.95. The molecule has 0 aliphatic carbocycles. The maximum absolute atomic E-state index is 12.2. The fourth-order valence-electron chi connectivity index (χ4n) is 2.27. The number of carbonyl (C=O) groups excluding carboxylic acids is 1. The van der Waals surface area contributed by atoms with Crippen molar-refractivity contribution < 1.29 is 9.53 Å². The summed E-state index contributed by atoms with van der Waals surface area (Å²) in [5, 5.41) is 8.29. The van der Waals surface area contributed by atoms with Crippen molar-refractivity contribution in [2.75, 3.05) is 7.11 Å². The van der Waals surface area contributed by atoms with E-state index in [1.807, 2.05) is 60.7 Å². The molecule has 0 aliphatic heterocycles.